The van der Waals surface area contributed by atoms with Gasteiger partial charge >= 0.3 is 0 Å². The first-order chi connectivity index (χ1) is 7.80. The fourth-order valence-electron chi connectivity index (χ4n) is 3.12. The Labute approximate surface area is 110 Å². The molecular weight excluding hydrogens is 236 g/mol. The molecule has 2 saturated carbocycles. The number of piperidine rings is 1. The van der Waals surface area contributed by atoms with E-state index in [0.717, 1.165) is 32.0 Å². The zero-order valence-electron chi connectivity index (χ0n) is 10.3. The third-order valence-corrected chi connectivity index (χ3v) is 4.65. The van der Waals surface area contributed by atoms with E-state index in [4.69, 9.17) is 0 Å². The molecule has 98 valence electrons. The summed E-state index contributed by atoms with van der Waals surface area (Å²) in [7, 11) is 0. The Balaban J connectivity index is 0.00000108. The van der Waals surface area contributed by atoms with Crippen molar-refractivity contribution in [1.29, 1.82) is 0 Å². The first kappa shape index (κ1) is 13.2. The van der Waals surface area contributed by atoms with Gasteiger partial charge in [0.2, 0.25) is 5.91 Å². The van der Waals surface area contributed by atoms with Crippen LogP contribution >= 0.6 is 12.4 Å². The summed E-state index contributed by atoms with van der Waals surface area (Å²) in [6.45, 7) is 3.12. The van der Waals surface area contributed by atoms with E-state index in [9.17, 15) is 4.79 Å². The lowest BCUT2D eigenvalue weighted by Crippen LogP contribution is -2.34. The van der Waals surface area contributed by atoms with Crippen LogP contribution in [0.4, 0.5) is 0 Å². The van der Waals surface area contributed by atoms with Crippen molar-refractivity contribution in [2.75, 3.05) is 19.6 Å². The van der Waals surface area contributed by atoms with E-state index in [1.807, 2.05) is 0 Å². The van der Waals surface area contributed by atoms with Crippen LogP contribution in [-0.4, -0.2) is 25.5 Å². The Hall–Kier alpha value is -0.280. The number of amides is 1. The van der Waals surface area contributed by atoms with E-state index >= 15 is 0 Å². The fourth-order valence-corrected chi connectivity index (χ4v) is 3.12. The van der Waals surface area contributed by atoms with Crippen molar-refractivity contribution in [2.45, 2.75) is 38.5 Å². The van der Waals surface area contributed by atoms with Crippen molar-refractivity contribution in [2.24, 2.45) is 17.3 Å². The smallest absolute Gasteiger partial charge is 0.223 e. The van der Waals surface area contributed by atoms with Gasteiger partial charge in [-0.05, 0) is 50.1 Å². The molecule has 4 heteroatoms. The van der Waals surface area contributed by atoms with Gasteiger partial charge in [-0.25, -0.2) is 0 Å². The van der Waals surface area contributed by atoms with Crippen molar-refractivity contribution < 1.29 is 4.79 Å². The maximum atomic E-state index is 11.9. The summed E-state index contributed by atoms with van der Waals surface area (Å²) in [5.74, 6) is 1.60. The number of rotatable bonds is 4. The highest BCUT2D eigenvalue weighted by molar-refractivity contribution is 5.85. The molecule has 2 aliphatic carbocycles. The highest BCUT2D eigenvalue weighted by Crippen LogP contribution is 2.58. The molecule has 1 amide bonds. The molecule has 0 bridgehead atoms. The third kappa shape index (κ3) is 2.94. The predicted octanol–water partition coefficient (Wildman–Crippen LogP) is 1.71. The second-order valence-corrected chi connectivity index (χ2v) is 5.89. The van der Waals surface area contributed by atoms with Crippen molar-refractivity contribution in [3.05, 3.63) is 0 Å². The minimum Gasteiger partial charge on any atom is -0.356 e. The molecule has 1 atom stereocenters. The van der Waals surface area contributed by atoms with Crippen LogP contribution in [0.5, 0.6) is 0 Å². The van der Waals surface area contributed by atoms with Crippen molar-refractivity contribution >= 4 is 18.3 Å². The van der Waals surface area contributed by atoms with Crippen molar-refractivity contribution in [1.82, 2.24) is 10.6 Å². The number of carbonyl (C=O) groups excluding carboxylic acids is 1. The van der Waals surface area contributed by atoms with E-state index in [1.54, 1.807) is 0 Å². The number of halogens is 1. The molecule has 0 aromatic carbocycles. The normalized spacial score (nSPS) is 29.5. The lowest BCUT2D eigenvalue weighted by molar-refractivity contribution is -0.123. The summed E-state index contributed by atoms with van der Waals surface area (Å²) in [6, 6.07) is 0. The van der Waals surface area contributed by atoms with Crippen LogP contribution in [0.15, 0.2) is 0 Å². The largest absolute Gasteiger partial charge is 0.356 e. The number of hydrogen-bond donors (Lipinski definition) is 2. The van der Waals surface area contributed by atoms with Crippen LogP contribution in [0.1, 0.15) is 38.5 Å². The highest BCUT2D eigenvalue weighted by Gasteiger charge is 2.57. The summed E-state index contributed by atoms with van der Waals surface area (Å²) in [6.07, 6.45) is 7.52. The molecule has 3 nitrogen and oxygen atoms in total. The molecule has 2 N–H and O–H groups in total. The molecular formula is C13H23ClN2O. The molecule has 17 heavy (non-hydrogen) atoms. The monoisotopic (exact) mass is 258 g/mol. The summed E-state index contributed by atoms with van der Waals surface area (Å²) >= 11 is 0. The molecule has 0 radical (unpaired) electrons. The zero-order chi connectivity index (χ0) is 11.0. The first-order valence-electron chi connectivity index (χ1n) is 6.79. The van der Waals surface area contributed by atoms with Crippen LogP contribution in [0.2, 0.25) is 0 Å². The van der Waals surface area contributed by atoms with Crippen molar-refractivity contribution in [3.63, 3.8) is 0 Å². The Morgan fingerprint density at radius 3 is 2.65 bits per heavy atom. The average molecular weight is 259 g/mol. The molecule has 1 saturated heterocycles. The van der Waals surface area contributed by atoms with E-state index in [2.05, 4.69) is 10.6 Å². The summed E-state index contributed by atoms with van der Waals surface area (Å²) in [4.78, 5) is 11.9. The topological polar surface area (TPSA) is 41.1 Å². The second-order valence-electron chi connectivity index (χ2n) is 5.89. The zero-order valence-corrected chi connectivity index (χ0v) is 11.2. The highest BCUT2D eigenvalue weighted by atomic mass is 35.5. The Kier molecular flexibility index (Phi) is 3.99. The molecule has 1 unspecified atom stereocenters. The Morgan fingerprint density at radius 1 is 1.29 bits per heavy atom. The molecule has 3 fully saturated rings. The quantitative estimate of drug-likeness (QED) is 0.806. The Bertz CT molecular complexity index is 285. The molecule has 3 aliphatic rings. The van der Waals surface area contributed by atoms with Crippen LogP contribution in [0, 0.1) is 17.3 Å². The van der Waals surface area contributed by atoms with Gasteiger partial charge in [0.1, 0.15) is 0 Å². The average Bonchev–Trinajstić information content (AvgIpc) is 3.18. The molecule has 1 heterocycles. The summed E-state index contributed by atoms with van der Waals surface area (Å²) in [5.41, 5.74) is 0.398. The second kappa shape index (κ2) is 5.15. The minimum absolute atomic E-state index is 0. The van der Waals surface area contributed by atoms with Gasteiger partial charge in [-0.1, -0.05) is 12.8 Å². The van der Waals surface area contributed by atoms with E-state index < -0.39 is 0 Å². The standard InChI is InChI=1S/C13H22N2O.ClH/c16-12(15-6-3-10-1-2-10)11-9-13(11)4-7-14-8-5-13;/h10-11,14H,1-9H2,(H,15,16);1H. The van der Waals surface area contributed by atoms with Gasteiger partial charge in [-0.15, -0.1) is 12.4 Å². The van der Waals surface area contributed by atoms with Crippen LogP contribution in [-0.2, 0) is 4.79 Å². The maximum Gasteiger partial charge on any atom is 0.223 e. The lowest BCUT2D eigenvalue weighted by atomic mass is 9.92. The van der Waals surface area contributed by atoms with Gasteiger partial charge in [-0.3, -0.25) is 4.79 Å². The van der Waals surface area contributed by atoms with Gasteiger partial charge in [0.25, 0.3) is 0 Å². The molecule has 0 aromatic rings. The number of hydrogen-bond acceptors (Lipinski definition) is 2. The van der Waals surface area contributed by atoms with E-state index in [1.165, 1.54) is 32.1 Å². The van der Waals surface area contributed by atoms with Gasteiger partial charge in [0.05, 0.1) is 0 Å². The van der Waals surface area contributed by atoms with Crippen LogP contribution < -0.4 is 10.6 Å². The van der Waals surface area contributed by atoms with Gasteiger partial charge in [0.15, 0.2) is 0 Å². The predicted molar refractivity (Wildman–Crippen MR) is 70.2 cm³/mol. The number of carbonyl (C=O) groups is 1. The van der Waals surface area contributed by atoms with E-state index in [0.29, 0.717) is 17.2 Å². The first-order valence-corrected chi connectivity index (χ1v) is 6.79. The van der Waals surface area contributed by atoms with Gasteiger partial charge in [-0.2, -0.15) is 0 Å². The van der Waals surface area contributed by atoms with Crippen LogP contribution in [0.3, 0.4) is 0 Å². The molecule has 1 spiro atoms. The summed E-state index contributed by atoms with van der Waals surface area (Å²) in [5, 5.41) is 6.50. The fraction of sp³-hybridized carbons (Fsp3) is 0.923. The van der Waals surface area contributed by atoms with Gasteiger partial charge in [0, 0.05) is 12.5 Å². The minimum atomic E-state index is 0. The van der Waals surface area contributed by atoms with Gasteiger partial charge < -0.3 is 10.6 Å². The van der Waals surface area contributed by atoms with Crippen LogP contribution in [0.25, 0.3) is 0 Å². The number of nitrogens with one attached hydrogen (secondary N) is 2. The lowest BCUT2D eigenvalue weighted by Gasteiger charge is -2.23. The summed E-state index contributed by atoms with van der Waals surface area (Å²) < 4.78 is 0. The molecule has 0 aromatic heterocycles. The third-order valence-electron chi connectivity index (χ3n) is 4.65. The van der Waals surface area contributed by atoms with Crippen molar-refractivity contribution in [3.8, 4) is 0 Å². The molecule has 1 aliphatic heterocycles. The molecule has 3 rings (SSSR count). The Morgan fingerprint density at radius 2 is 2.00 bits per heavy atom. The SMILES string of the molecule is Cl.O=C(NCCC1CC1)C1CC12CCNCC2. The maximum absolute atomic E-state index is 11.9. The van der Waals surface area contributed by atoms with E-state index in [-0.39, 0.29) is 12.4 Å².